The second kappa shape index (κ2) is 11.0. The number of hydrogen-bond acceptors (Lipinski definition) is 6. The van der Waals surface area contributed by atoms with Crippen molar-refractivity contribution < 1.29 is 23.9 Å². The fourth-order valence-corrected chi connectivity index (χ4v) is 5.74. The molecule has 4 heterocycles. The van der Waals surface area contributed by atoms with Gasteiger partial charge in [0.2, 0.25) is 0 Å². The van der Waals surface area contributed by atoms with Crippen molar-refractivity contribution in [3.63, 3.8) is 0 Å². The average molecular weight is 509 g/mol. The number of benzene rings is 1. The van der Waals surface area contributed by atoms with Crippen LogP contribution in [-0.2, 0) is 28.9 Å². The maximum atomic E-state index is 13.0. The Hall–Kier alpha value is -3.20. The SMILES string of the molecule is CCn1nc(CCCOC(=O)c2cccc(C(=O)N3CCCC3)c2)c2c1C(=O)NCC1(CCOCC1)C2. The summed E-state index contributed by atoms with van der Waals surface area (Å²) in [7, 11) is 0. The smallest absolute Gasteiger partial charge is 0.338 e. The fraction of sp³-hybridized carbons (Fsp3) is 0.571. The van der Waals surface area contributed by atoms with E-state index in [0.29, 0.717) is 56.0 Å². The van der Waals surface area contributed by atoms with Crippen LogP contribution in [0.1, 0.15) is 81.5 Å². The maximum Gasteiger partial charge on any atom is 0.338 e. The molecule has 198 valence electrons. The molecule has 37 heavy (non-hydrogen) atoms. The highest BCUT2D eigenvalue weighted by Gasteiger charge is 2.39. The molecule has 1 spiro atoms. The highest BCUT2D eigenvalue weighted by Crippen LogP contribution is 2.37. The molecule has 9 heteroatoms. The molecule has 0 aliphatic carbocycles. The van der Waals surface area contributed by atoms with E-state index in [1.165, 1.54) is 0 Å². The summed E-state index contributed by atoms with van der Waals surface area (Å²) in [5, 5.41) is 7.89. The lowest BCUT2D eigenvalue weighted by Crippen LogP contribution is -2.40. The number of fused-ring (bicyclic) bond motifs is 1. The zero-order valence-corrected chi connectivity index (χ0v) is 21.6. The zero-order chi connectivity index (χ0) is 25.8. The number of aromatic nitrogens is 2. The quantitative estimate of drug-likeness (QED) is 0.456. The van der Waals surface area contributed by atoms with Gasteiger partial charge in [-0.3, -0.25) is 14.3 Å². The fourth-order valence-electron chi connectivity index (χ4n) is 5.74. The first-order chi connectivity index (χ1) is 18.0. The number of carbonyl (C=O) groups is 3. The predicted molar refractivity (Wildman–Crippen MR) is 137 cm³/mol. The number of aryl methyl sites for hydroxylation is 2. The minimum Gasteiger partial charge on any atom is -0.462 e. The minimum absolute atomic E-state index is 0.000495. The van der Waals surface area contributed by atoms with Gasteiger partial charge in [-0.25, -0.2) is 4.79 Å². The largest absolute Gasteiger partial charge is 0.462 e. The lowest BCUT2D eigenvalue weighted by molar-refractivity contribution is 0.0160. The first kappa shape index (κ1) is 25.4. The van der Waals surface area contributed by atoms with Gasteiger partial charge in [-0.1, -0.05) is 6.07 Å². The third-order valence-corrected chi connectivity index (χ3v) is 7.91. The van der Waals surface area contributed by atoms with Crippen LogP contribution in [0, 0.1) is 5.41 Å². The third kappa shape index (κ3) is 5.42. The lowest BCUT2D eigenvalue weighted by Gasteiger charge is -2.36. The van der Waals surface area contributed by atoms with Crippen LogP contribution in [-0.4, -0.2) is 71.9 Å². The molecule has 2 fully saturated rings. The molecule has 3 aliphatic heterocycles. The highest BCUT2D eigenvalue weighted by molar-refractivity contribution is 5.98. The van der Waals surface area contributed by atoms with E-state index < -0.39 is 5.97 Å². The van der Waals surface area contributed by atoms with Gasteiger partial charge in [0.25, 0.3) is 11.8 Å². The summed E-state index contributed by atoms with van der Waals surface area (Å²) in [5.41, 5.74) is 3.50. The van der Waals surface area contributed by atoms with Crippen molar-refractivity contribution in [1.82, 2.24) is 20.0 Å². The molecule has 0 radical (unpaired) electrons. The van der Waals surface area contributed by atoms with Crippen LogP contribution in [0.5, 0.6) is 0 Å². The van der Waals surface area contributed by atoms with Crippen LogP contribution in [0.4, 0.5) is 0 Å². The first-order valence-corrected chi connectivity index (χ1v) is 13.5. The second-order valence-electron chi connectivity index (χ2n) is 10.4. The minimum atomic E-state index is -0.436. The topological polar surface area (TPSA) is 103 Å². The van der Waals surface area contributed by atoms with E-state index in [2.05, 4.69) is 5.32 Å². The number of ether oxygens (including phenoxy) is 2. The van der Waals surface area contributed by atoms with Crippen LogP contribution in [0.25, 0.3) is 0 Å². The molecule has 1 N–H and O–H groups in total. The summed E-state index contributed by atoms with van der Waals surface area (Å²) >= 11 is 0. The van der Waals surface area contributed by atoms with Crippen molar-refractivity contribution in [3.8, 4) is 0 Å². The molecular weight excluding hydrogens is 472 g/mol. The number of carbonyl (C=O) groups excluding carboxylic acids is 3. The Morgan fingerprint density at radius 2 is 1.92 bits per heavy atom. The molecule has 1 aromatic carbocycles. The Bertz CT molecular complexity index is 1160. The second-order valence-corrected chi connectivity index (χ2v) is 10.4. The number of amides is 2. The summed E-state index contributed by atoms with van der Waals surface area (Å²) in [4.78, 5) is 40.2. The highest BCUT2D eigenvalue weighted by atomic mass is 16.5. The monoisotopic (exact) mass is 508 g/mol. The summed E-state index contributed by atoms with van der Waals surface area (Å²) in [6.45, 7) is 6.46. The molecular formula is C28H36N4O5. The third-order valence-electron chi connectivity index (χ3n) is 7.91. The van der Waals surface area contributed by atoms with Gasteiger partial charge in [0.15, 0.2) is 0 Å². The number of hydrogen-bond donors (Lipinski definition) is 1. The van der Waals surface area contributed by atoms with Gasteiger partial charge in [-0.2, -0.15) is 5.10 Å². The normalized spacial score (nSPS) is 18.8. The van der Waals surface area contributed by atoms with E-state index in [0.717, 1.165) is 56.5 Å². The Balaban J connectivity index is 1.22. The number of nitrogens with zero attached hydrogens (tertiary/aromatic N) is 3. The van der Waals surface area contributed by atoms with Crippen molar-refractivity contribution >= 4 is 17.8 Å². The summed E-state index contributed by atoms with van der Waals surface area (Å²) in [5.74, 6) is -0.533. The number of likely N-dealkylation sites (tertiary alicyclic amines) is 1. The van der Waals surface area contributed by atoms with Gasteiger partial charge in [0.1, 0.15) is 5.69 Å². The number of nitrogens with one attached hydrogen (secondary N) is 1. The van der Waals surface area contributed by atoms with Crippen LogP contribution < -0.4 is 5.32 Å². The van der Waals surface area contributed by atoms with Gasteiger partial charge in [0, 0.05) is 50.5 Å². The molecule has 0 bridgehead atoms. The van der Waals surface area contributed by atoms with Crippen molar-refractivity contribution in [2.75, 3.05) is 39.5 Å². The van der Waals surface area contributed by atoms with Gasteiger partial charge in [0.05, 0.1) is 17.9 Å². The van der Waals surface area contributed by atoms with Crippen molar-refractivity contribution in [2.24, 2.45) is 5.41 Å². The van der Waals surface area contributed by atoms with E-state index >= 15 is 0 Å². The molecule has 0 unspecified atom stereocenters. The number of esters is 1. The van der Waals surface area contributed by atoms with E-state index in [1.54, 1.807) is 28.9 Å². The molecule has 1 aromatic heterocycles. The maximum absolute atomic E-state index is 13.0. The molecule has 2 amide bonds. The van der Waals surface area contributed by atoms with Crippen molar-refractivity contribution in [2.45, 2.75) is 58.4 Å². The summed E-state index contributed by atoms with van der Waals surface area (Å²) < 4.78 is 12.9. The molecule has 3 aliphatic rings. The van der Waals surface area contributed by atoms with E-state index in [1.807, 2.05) is 11.8 Å². The van der Waals surface area contributed by atoms with Gasteiger partial charge >= 0.3 is 5.97 Å². The van der Waals surface area contributed by atoms with Crippen LogP contribution >= 0.6 is 0 Å². The molecule has 2 aromatic rings. The number of rotatable bonds is 7. The standard InChI is InChI=1S/C28H36N4O5/c1-2-32-24-22(18-28(19-29-25(24)33)10-15-36-16-11-28)23(30-32)9-6-14-37-27(35)21-8-5-7-20(17-21)26(34)31-12-3-4-13-31/h5,7-8,17H,2-4,6,9-16,18-19H2,1H3,(H,29,33). The molecule has 9 nitrogen and oxygen atoms in total. The van der Waals surface area contributed by atoms with Crippen molar-refractivity contribution in [1.29, 1.82) is 0 Å². The average Bonchev–Trinajstić information content (AvgIpc) is 3.55. The van der Waals surface area contributed by atoms with Crippen LogP contribution in [0.3, 0.4) is 0 Å². The van der Waals surface area contributed by atoms with Gasteiger partial charge in [-0.05, 0) is 75.5 Å². The molecule has 5 rings (SSSR count). The van der Waals surface area contributed by atoms with Gasteiger partial charge < -0.3 is 19.7 Å². The van der Waals surface area contributed by atoms with E-state index in [-0.39, 0.29) is 23.8 Å². The van der Waals surface area contributed by atoms with Crippen LogP contribution in [0.15, 0.2) is 24.3 Å². The molecule has 0 atom stereocenters. The molecule has 2 saturated heterocycles. The van der Waals surface area contributed by atoms with Gasteiger partial charge in [-0.15, -0.1) is 0 Å². The Morgan fingerprint density at radius 3 is 2.68 bits per heavy atom. The first-order valence-electron chi connectivity index (χ1n) is 13.5. The van der Waals surface area contributed by atoms with Crippen molar-refractivity contribution in [3.05, 3.63) is 52.3 Å². The summed E-state index contributed by atoms with van der Waals surface area (Å²) in [6, 6.07) is 6.77. The predicted octanol–water partition coefficient (Wildman–Crippen LogP) is 3.01. The van der Waals surface area contributed by atoms with Crippen LogP contribution in [0.2, 0.25) is 0 Å². The molecule has 0 saturated carbocycles. The lowest BCUT2D eigenvalue weighted by atomic mass is 9.75. The van der Waals surface area contributed by atoms with E-state index in [9.17, 15) is 14.4 Å². The Labute approximate surface area is 217 Å². The summed E-state index contributed by atoms with van der Waals surface area (Å²) in [6.07, 6.45) is 5.90. The Kier molecular flexibility index (Phi) is 7.60. The zero-order valence-electron chi connectivity index (χ0n) is 21.6. The van der Waals surface area contributed by atoms with E-state index in [4.69, 9.17) is 14.6 Å². The Morgan fingerprint density at radius 1 is 1.16 bits per heavy atom.